The van der Waals surface area contributed by atoms with Crippen LogP contribution in [0.15, 0.2) is 0 Å². The van der Waals surface area contributed by atoms with Gasteiger partial charge >= 0.3 is 5.97 Å². The summed E-state index contributed by atoms with van der Waals surface area (Å²) in [5, 5.41) is 9.16. The van der Waals surface area contributed by atoms with Crippen LogP contribution in [-0.2, 0) is 4.79 Å². The zero-order valence-corrected chi connectivity index (χ0v) is 7.99. The molecule has 74 valence electrons. The Morgan fingerprint density at radius 1 is 1.38 bits per heavy atom. The van der Waals surface area contributed by atoms with E-state index in [0.717, 1.165) is 12.8 Å². The van der Waals surface area contributed by atoms with E-state index in [2.05, 4.69) is 0 Å². The molecule has 3 aliphatic carbocycles. The minimum absolute atomic E-state index is 0.150. The Labute approximate surface area is 78.3 Å². The summed E-state index contributed by atoms with van der Waals surface area (Å²) < 4.78 is 0. The second kappa shape index (κ2) is 2.71. The molecule has 0 saturated heterocycles. The van der Waals surface area contributed by atoms with Crippen LogP contribution in [0.5, 0.6) is 0 Å². The fourth-order valence-corrected chi connectivity index (χ4v) is 3.23. The van der Waals surface area contributed by atoms with Gasteiger partial charge in [0.15, 0.2) is 0 Å². The van der Waals surface area contributed by atoms with Gasteiger partial charge in [0.1, 0.15) is 5.54 Å². The van der Waals surface area contributed by atoms with Gasteiger partial charge in [-0.1, -0.05) is 6.92 Å². The van der Waals surface area contributed by atoms with Crippen molar-refractivity contribution < 1.29 is 9.90 Å². The summed E-state index contributed by atoms with van der Waals surface area (Å²) >= 11 is 0. The van der Waals surface area contributed by atoms with Crippen LogP contribution in [-0.4, -0.2) is 16.6 Å². The van der Waals surface area contributed by atoms with E-state index in [1.807, 2.05) is 6.92 Å². The lowest BCUT2D eigenvalue weighted by atomic mass is 9.55. The van der Waals surface area contributed by atoms with Crippen molar-refractivity contribution in [3.8, 4) is 0 Å². The van der Waals surface area contributed by atoms with Gasteiger partial charge in [-0.05, 0) is 43.4 Å². The maximum atomic E-state index is 11.2. The number of rotatable bonds is 1. The first-order valence-electron chi connectivity index (χ1n) is 5.09. The third-order valence-electron chi connectivity index (χ3n) is 4.28. The van der Waals surface area contributed by atoms with E-state index in [-0.39, 0.29) is 11.8 Å². The molecule has 2 bridgehead atoms. The molecule has 3 nitrogen and oxygen atoms in total. The van der Waals surface area contributed by atoms with Crippen LogP contribution in [0.2, 0.25) is 0 Å². The van der Waals surface area contributed by atoms with Crippen LogP contribution < -0.4 is 5.73 Å². The van der Waals surface area contributed by atoms with Crippen molar-refractivity contribution in [3.63, 3.8) is 0 Å². The molecular formula is C10H17NO2. The van der Waals surface area contributed by atoms with E-state index < -0.39 is 11.5 Å². The molecule has 3 aliphatic rings. The molecule has 3 saturated carbocycles. The molecule has 0 aromatic heterocycles. The number of aliphatic carboxylic acids is 1. The Kier molecular flexibility index (Phi) is 1.88. The fourth-order valence-electron chi connectivity index (χ4n) is 3.23. The van der Waals surface area contributed by atoms with E-state index in [4.69, 9.17) is 10.8 Å². The molecule has 3 rings (SSSR count). The van der Waals surface area contributed by atoms with E-state index in [1.165, 1.54) is 12.8 Å². The lowest BCUT2D eigenvalue weighted by Crippen LogP contribution is -2.64. The highest BCUT2D eigenvalue weighted by atomic mass is 16.4. The molecule has 0 aromatic carbocycles. The molecule has 0 aromatic rings. The minimum atomic E-state index is -0.929. The van der Waals surface area contributed by atoms with Crippen LogP contribution in [0, 0.1) is 17.8 Å². The molecule has 0 amide bonds. The topological polar surface area (TPSA) is 63.3 Å². The predicted octanol–water partition coefficient (Wildman–Crippen LogP) is 1.22. The highest BCUT2D eigenvalue weighted by Crippen LogP contribution is 2.49. The highest BCUT2D eigenvalue weighted by Gasteiger charge is 2.54. The van der Waals surface area contributed by atoms with Gasteiger partial charge in [0.05, 0.1) is 0 Å². The van der Waals surface area contributed by atoms with Crippen LogP contribution in [0.3, 0.4) is 0 Å². The normalized spacial score (nSPS) is 49.2. The van der Waals surface area contributed by atoms with Crippen molar-refractivity contribution in [1.29, 1.82) is 0 Å². The first-order chi connectivity index (χ1) is 6.06. The number of fused-ring (bicyclic) bond motifs is 3. The average Bonchev–Trinajstić information content (AvgIpc) is 2.13. The minimum Gasteiger partial charge on any atom is -0.480 e. The number of hydrogen-bond acceptors (Lipinski definition) is 2. The average molecular weight is 183 g/mol. The number of carbonyl (C=O) groups is 1. The maximum Gasteiger partial charge on any atom is 0.324 e. The van der Waals surface area contributed by atoms with Crippen molar-refractivity contribution in [1.82, 2.24) is 0 Å². The van der Waals surface area contributed by atoms with Crippen LogP contribution in [0.1, 0.15) is 32.6 Å². The van der Waals surface area contributed by atoms with Gasteiger partial charge in [0.2, 0.25) is 0 Å². The Bertz CT molecular complexity index is 229. The molecule has 2 atom stereocenters. The molecular weight excluding hydrogens is 166 g/mol. The van der Waals surface area contributed by atoms with Crippen LogP contribution >= 0.6 is 0 Å². The number of hydrogen-bond donors (Lipinski definition) is 2. The molecule has 3 heteroatoms. The summed E-state index contributed by atoms with van der Waals surface area (Å²) in [6.07, 6.45) is 4.38. The monoisotopic (exact) mass is 183 g/mol. The Morgan fingerprint density at radius 3 is 2.23 bits per heavy atom. The number of carboxylic acids is 1. The van der Waals surface area contributed by atoms with E-state index in [1.54, 1.807) is 0 Å². The van der Waals surface area contributed by atoms with Gasteiger partial charge in [-0.2, -0.15) is 0 Å². The standard InChI is InChI=1S/C10H17NO2/c1-6-7-2-4-8(5-3-7)10(6,11)9(12)13/h6-8H,2-5,11H2,1H3,(H,12,13). The zero-order chi connectivity index (χ0) is 9.64. The number of nitrogens with two attached hydrogens (primary N) is 1. The molecule has 13 heavy (non-hydrogen) atoms. The highest BCUT2D eigenvalue weighted by molar-refractivity contribution is 5.79. The summed E-state index contributed by atoms with van der Waals surface area (Å²) in [6, 6.07) is 0. The van der Waals surface area contributed by atoms with Gasteiger partial charge in [0.25, 0.3) is 0 Å². The molecule has 3 fully saturated rings. The van der Waals surface area contributed by atoms with Crippen molar-refractivity contribution in [2.45, 2.75) is 38.1 Å². The zero-order valence-electron chi connectivity index (χ0n) is 7.99. The van der Waals surface area contributed by atoms with Crippen molar-refractivity contribution in [2.24, 2.45) is 23.5 Å². The first-order valence-corrected chi connectivity index (χ1v) is 5.09. The second-order valence-corrected chi connectivity index (χ2v) is 4.64. The van der Waals surface area contributed by atoms with Gasteiger partial charge < -0.3 is 10.8 Å². The summed E-state index contributed by atoms with van der Waals surface area (Å²) in [5.74, 6) is 0.114. The quantitative estimate of drug-likeness (QED) is 0.642. The van der Waals surface area contributed by atoms with Crippen molar-refractivity contribution >= 4 is 5.97 Å². The van der Waals surface area contributed by atoms with Crippen LogP contribution in [0.4, 0.5) is 0 Å². The molecule has 2 unspecified atom stereocenters. The Hall–Kier alpha value is -0.570. The SMILES string of the molecule is CC1C2CCC(CC2)C1(N)C(=O)O. The summed E-state index contributed by atoms with van der Waals surface area (Å²) in [7, 11) is 0. The van der Waals surface area contributed by atoms with Gasteiger partial charge in [-0.15, -0.1) is 0 Å². The van der Waals surface area contributed by atoms with E-state index in [0.29, 0.717) is 5.92 Å². The number of carboxylic acid groups (broad SMARTS) is 1. The summed E-state index contributed by atoms with van der Waals surface area (Å²) in [4.78, 5) is 11.2. The smallest absolute Gasteiger partial charge is 0.324 e. The van der Waals surface area contributed by atoms with Crippen LogP contribution in [0.25, 0.3) is 0 Å². The Balaban J connectivity index is 2.32. The molecule has 0 radical (unpaired) electrons. The van der Waals surface area contributed by atoms with Crippen molar-refractivity contribution in [3.05, 3.63) is 0 Å². The maximum absolute atomic E-state index is 11.2. The fraction of sp³-hybridized carbons (Fsp3) is 0.900. The van der Waals surface area contributed by atoms with Gasteiger partial charge in [-0.25, -0.2) is 0 Å². The molecule has 0 aliphatic heterocycles. The van der Waals surface area contributed by atoms with E-state index >= 15 is 0 Å². The van der Waals surface area contributed by atoms with E-state index in [9.17, 15) is 4.79 Å². The molecule has 3 N–H and O–H groups in total. The third-order valence-corrected chi connectivity index (χ3v) is 4.28. The lowest BCUT2D eigenvalue weighted by Gasteiger charge is -2.51. The largest absolute Gasteiger partial charge is 0.480 e. The second-order valence-electron chi connectivity index (χ2n) is 4.64. The first kappa shape index (κ1) is 9.00. The summed E-state index contributed by atoms with van der Waals surface area (Å²) in [6.45, 7) is 2.00. The van der Waals surface area contributed by atoms with Crippen molar-refractivity contribution in [2.75, 3.05) is 0 Å². The predicted molar refractivity (Wildman–Crippen MR) is 49.2 cm³/mol. The molecule has 0 heterocycles. The van der Waals surface area contributed by atoms with Gasteiger partial charge in [-0.3, -0.25) is 4.79 Å². The lowest BCUT2D eigenvalue weighted by molar-refractivity contribution is -0.155. The third kappa shape index (κ3) is 1.03. The Morgan fingerprint density at radius 2 is 1.92 bits per heavy atom. The summed E-state index contributed by atoms with van der Waals surface area (Å²) in [5.41, 5.74) is 5.10. The molecule has 0 spiro atoms. The van der Waals surface area contributed by atoms with Gasteiger partial charge in [0, 0.05) is 0 Å².